The highest BCUT2D eigenvalue weighted by molar-refractivity contribution is 7.85. The lowest BCUT2D eigenvalue weighted by molar-refractivity contribution is 0.0377. The quantitative estimate of drug-likeness (QED) is 0.436. The van der Waals surface area contributed by atoms with Crippen molar-refractivity contribution in [3.8, 4) is 0 Å². The van der Waals surface area contributed by atoms with E-state index in [0.717, 1.165) is 11.8 Å². The lowest BCUT2D eigenvalue weighted by Crippen LogP contribution is -2.28. The first-order valence-electron chi connectivity index (χ1n) is 7.42. The predicted molar refractivity (Wildman–Crippen MR) is 87.1 cm³/mol. The van der Waals surface area contributed by atoms with Gasteiger partial charge in [0.25, 0.3) is 10.1 Å². The summed E-state index contributed by atoms with van der Waals surface area (Å²) in [6.45, 7) is 1.66. The van der Waals surface area contributed by atoms with E-state index in [1.54, 1.807) is 0 Å². The topological polar surface area (TPSA) is 100 Å². The average Bonchev–Trinajstić information content (AvgIpc) is 2.54. The molecule has 0 radical (unpaired) electrons. The van der Waals surface area contributed by atoms with Gasteiger partial charge in [-0.05, 0) is 5.56 Å². The van der Waals surface area contributed by atoms with E-state index in [-0.39, 0.29) is 19.8 Å². The van der Waals surface area contributed by atoms with Crippen molar-refractivity contribution in [3.63, 3.8) is 0 Å². The van der Waals surface area contributed by atoms with Crippen LogP contribution in [0.4, 0.5) is 4.79 Å². The summed E-state index contributed by atoms with van der Waals surface area (Å²) < 4.78 is 41.2. The molecule has 8 nitrogen and oxygen atoms in total. The summed E-state index contributed by atoms with van der Waals surface area (Å²) in [5.74, 6) is 0. The molecule has 0 heterocycles. The summed E-state index contributed by atoms with van der Waals surface area (Å²) in [6, 6.07) is 9.39. The normalized spacial score (nSPS) is 11.2. The van der Waals surface area contributed by atoms with E-state index in [1.807, 2.05) is 30.3 Å². The third-order valence-corrected chi connectivity index (χ3v) is 3.22. The van der Waals surface area contributed by atoms with E-state index in [2.05, 4.69) is 9.50 Å². The molecule has 0 saturated heterocycles. The average molecular weight is 361 g/mol. The SMILES string of the molecule is CS(=O)(=O)OCCOCCOCCNC(=O)OCc1ccccc1. The van der Waals surface area contributed by atoms with Gasteiger partial charge in [-0.1, -0.05) is 30.3 Å². The Bertz CT molecular complexity index is 562. The molecule has 9 heteroatoms. The summed E-state index contributed by atoms with van der Waals surface area (Å²) >= 11 is 0. The molecule has 0 aliphatic carbocycles. The molecule has 0 bridgehead atoms. The van der Waals surface area contributed by atoms with Crippen LogP contribution >= 0.6 is 0 Å². The highest BCUT2D eigenvalue weighted by Crippen LogP contribution is 2.00. The molecule has 0 aromatic heterocycles. The molecular weight excluding hydrogens is 338 g/mol. The van der Waals surface area contributed by atoms with Crippen LogP contribution in [0, 0.1) is 0 Å². The Kier molecular flexibility index (Phi) is 10.0. The lowest BCUT2D eigenvalue weighted by atomic mass is 10.2. The van der Waals surface area contributed by atoms with Crippen LogP contribution in [0.15, 0.2) is 30.3 Å². The van der Waals surface area contributed by atoms with Gasteiger partial charge in [-0.25, -0.2) is 4.79 Å². The minimum Gasteiger partial charge on any atom is -0.445 e. The van der Waals surface area contributed by atoms with Gasteiger partial charge in [-0.3, -0.25) is 4.18 Å². The molecule has 1 rings (SSSR count). The Morgan fingerprint density at radius 3 is 2.29 bits per heavy atom. The number of carbonyl (C=O) groups excluding carboxylic acids is 1. The smallest absolute Gasteiger partial charge is 0.407 e. The molecular formula is C15H23NO7S. The Balaban J connectivity index is 1.88. The van der Waals surface area contributed by atoms with Crippen molar-refractivity contribution in [2.75, 3.05) is 45.8 Å². The lowest BCUT2D eigenvalue weighted by Gasteiger charge is -2.08. The zero-order chi connectivity index (χ0) is 17.7. The van der Waals surface area contributed by atoms with Crippen LogP contribution in [0.1, 0.15) is 5.56 Å². The maximum atomic E-state index is 11.4. The van der Waals surface area contributed by atoms with E-state index in [9.17, 15) is 13.2 Å². The van der Waals surface area contributed by atoms with Gasteiger partial charge in [0.2, 0.25) is 0 Å². The number of nitrogens with one attached hydrogen (secondary N) is 1. The van der Waals surface area contributed by atoms with Gasteiger partial charge in [0.15, 0.2) is 0 Å². The largest absolute Gasteiger partial charge is 0.445 e. The van der Waals surface area contributed by atoms with Crippen molar-refractivity contribution in [1.82, 2.24) is 5.32 Å². The number of alkyl carbamates (subject to hydrolysis) is 1. The third kappa shape index (κ3) is 11.8. The van der Waals surface area contributed by atoms with Crippen molar-refractivity contribution < 1.29 is 31.6 Å². The molecule has 1 amide bonds. The fraction of sp³-hybridized carbons (Fsp3) is 0.533. The van der Waals surface area contributed by atoms with Gasteiger partial charge in [0, 0.05) is 6.54 Å². The summed E-state index contributed by atoms with van der Waals surface area (Å²) in [7, 11) is -3.42. The number of ether oxygens (including phenoxy) is 3. The monoisotopic (exact) mass is 361 g/mol. The fourth-order valence-corrected chi connectivity index (χ4v) is 1.94. The maximum absolute atomic E-state index is 11.4. The van der Waals surface area contributed by atoms with Crippen molar-refractivity contribution in [1.29, 1.82) is 0 Å². The van der Waals surface area contributed by atoms with Crippen molar-refractivity contribution in [2.45, 2.75) is 6.61 Å². The second kappa shape index (κ2) is 11.8. The second-order valence-corrected chi connectivity index (χ2v) is 6.38. The van der Waals surface area contributed by atoms with Gasteiger partial charge in [-0.15, -0.1) is 0 Å². The van der Waals surface area contributed by atoms with Crippen LogP contribution in [-0.2, 0) is 35.1 Å². The Morgan fingerprint density at radius 2 is 1.62 bits per heavy atom. The maximum Gasteiger partial charge on any atom is 0.407 e. The number of hydrogen-bond donors (Lipinski definition) is 1. The summed E-state index contributed by atoms with van der Waals surface area (Å²) in [4.78, 5) is 11.4. The molecule has 0 atom stereocenters. The van der Waals surface area contributed by atoms with Crippen LogP contribution in [0.5, 0.6) is 0 Å². The molecule has 0 aliphatic rings. The Hall–Kier alpha value is -1.68. The van der Waals surface area contributed by atoms with E-state index in [4.69, 9.17) is 14.2 Å². The summed E-state index contributed by atoms with van der Waals surface area (Å²) in [6.07, 6.45) is 0.477. The van der Waals surface area contributed by atoms with Crippen LogP contribution in [0.25, 0.3) is 0 Å². The Morgan fingerprint density at radius 1 is 1.00 bits per heavy atom. The summed E-state index contributed by atoms with van der Waals surface area (Å²) in [5.41, 5.74) is 0.918. The van der Waals surface area contributed by atoms with E-state index in [0.29, 0.717) is 26.4 Å². The molecule has 0 spiro atoms. The van der Waals surface area contributed by atoms with Crippen LogP contribution in [0.2, 0.25) is 0 Å². The Labute approximate surface area is 142 Å². The van der Waals surface area contributed by atoms with E-state index < -0.39 is 16.2 Å². The number of amides is 1. The van der Waals surface area contributed by atoms with Crippen LogP contribution < -0.4 is 5.32 Å². The molecule has 1 aromatic rings. The zero-order valence-electron chi connectivity index (χ0n) is 13.6. The molecule has 1 aromatic carbocycles. The predicted octanol–water partition coefficient (Wildman–Crippen LogP) is 0.922. The van der Waals surface area contributed by atoms with Gasteiger partial charge in [0.05, 0.1) is 39.3 Å². The van der Waals surface area contributed by atoms with Gasteiger partial charge in [0.1, 0.15) is 6.61 Å². The number of benzene rings is 1. The highest BCUT2D eigenvalue weighted by atomic mass is 32.2. The first-order valence-corrected chi connectivity index (χ1v) is 9.23. The van der Waals surface area contributed by atoms with Gasteiger partial charge in [-0.2, -0.15) is 8.42 Å². The first-order chi connectivity index (χ1) is 11.5. The molecule has 0 saturated carbocycles. The van der Waals surface area contributed by atoms with Crippen LogP contribution in [0.3, 0.4) is 0 Å². The number of rotatable bonds is 12. The molecule has 1 N–H and O–H groups in total. The third-order valence-electron chi connectivity index (χ3n) is 2.63. The standard InChI is InChI=1S/C15H23NO7S/c1-24(18,19)23-12-11-21-10-9-20-8-7-16-15(17)22-13-14-5-3-2-4-6-14/h2-6H,7-13H2,1H3,(H,16,17). The van der Waals surface area contributed by atoms with E-state index >= 15 is 0 Å². The fourth-order valence-electron chi connectivity index (χ4n) is 1.57. The minimum absolute atomic E-state index is 0.0202. The molecule has 24 heavy (non-hydrogen) atoms. The van der Waals surface area contributed by atoms with Gasteiger partial charge < -0.3 is 19.5 Å². The summed E-state index contributed by atoms with van der Waals surface area (Å²) in [5, 5.41) is 2.57. The number of carbonyl (C=O) groups is 1. The van der Waals surface area contributed by atoms with Crippen LogP contribution in [-0.4, -0.2) is 60.3 Å². The molecule has 0 fully saturated rings. The van der Waals surface area contributed by atoms with Crippen molar-refractivity contribution >= 4 is 16.2 Å². The number of hydrogen-bond acceptors (Lipinski definition) is 7. The molecule has 136 valence electrons. The minimum atomic E-state index is -3.42. The van der Waals surface area contributed by atoms with Gasteiger partial charge >= 0.3 is 6.09 Å². The second-order valence-electron chi connectivity index (χ2n) is 4.74. The zero-order valence-corrected chi connectivity index (χ0v) is 14.4. The molecule has 0 unspecified atom stereocenters. The first kappa shape index (κ1) is 20.4. The van der Waals surface area contributed by atoms with Crippen molar-refractivity contribution in [3.05, 3.63) is 35.9 Å². The van der Waals surface area contributed by atoms with E-state index in [1.165, 1.54) is 0 Å². The molecule has 0 aliphatic heterocycles. The van der Waals surface area contributed by atoms with Crippen molar-refractivity contribution in [2.24, 2.45) is 0 Å². The highest BCUT2D eigenvalue weighted by Gasteiger charge is 2.02.